The molecular weight excluding hydrogens is 262 g/mol. The number of fused-ring (bicyclic) bond motifs is 1. The fraction of sp³-hybridized carbons (Fsp3) is 0.353. The number of likely N-dealkylation sites (tertiary alicyclic amines) is 1. The topological polar surface area (TPSA) is 58.4 Å². The first-order valence-corrected chi connectivity index (χ1v) is 7.43. The molecule has 0 aromatic heterocycles. The number of hydrogen-bond acceptors (Lipinski definition) is 2. The predicted molar refractivity (Wildman–Crippen MR) is 86.3 cm³/mol. The Labute approximate surface area is 124 Å². The van der Waals surface area contributed by atoms with Crippen LogP contribution in [0.25, 0.3) is 10.8 Å². The molecule has 2 aromatic carbocycles. The summed E-state index contributed by atoms with van der Waals surface area (Å²) in [6.07, 6.45) is 0.984. The smallest absolute Gasteiger partial charge is 0.321 e. The molecular formula is C17H21N3O. The minimum atomic E-state index is -0.0617. The number of nitrogens with zero attached hydrogens (tertiary/aromatic N) is 1. The zero-order chi connectivity index (χ0) is 14.8. The Bertz CT molecular complexity index is 640. The number of nitrogens with one attached hydrogen (secondary N) is 1. The largest absolute Gasteiger partial charge is 0.326 e. The minimum Gasteiger partial charge on any atom is -0.326 e. The first-order chi connectivity index (χ1) is 10.1. The van der Waals surface area contributed by atoms with Gasteiger partial charge in [-0.05, 0) is 23.8 Å². The van der Waals surface area contributed by atoms with Crippen LogP contribution in [0.3, 0.4) is 0 Å². The minimum absolute atomic E-state index is 0.0617. The van der Waals surface area contributed by atoms with Gasteiger partial charge in [0, 0.05) is 24.5 Å². The normalized spacial score (nSPS) is 22.3. The summed E-state index contributed by atoms with van der Waals surface area (Å²) < 4.78 is 0. The molecule has 1 saturated heterocycles. The molecule has 0 aliphatic carbocycles. The Kier molecular flexibility index (Phi) is 3.80. The molecule has 1 heterocycles. The van der Waals surface area contributed by atoms with Crippen molar-refractivity contribution in [3.05, 3.63) is 42.5 Å². The molecule has 2 amide bonds. The summed E-state index contributed by atoms with van der Waals surface area (Å²) >= 11 is 0. The molecule has 1 aliphatic heterocycles. The number of amides is 2. The number of rotatable bonds is 1. The van der Waals surface area contributed by atoms with E-state index in [0.717, 1.165) is 29.4 Å². The SMILES string of the molecule is CC1CC(N)CN(C(=O)Nc2cccc3ccccc23)C1. The van der Waals surface area contributed by atoms with E-state index in [0.29, 0.717) is 12.5 Å². The van der Waals surface area contributed by atoms with Crippen LogP contribution in [0, 0.1) is 5.92 Å². The van der Waals surface area contributed by atoms with Crippen LogP contribution in [-0.4, -0.2) is 30.1 Å². The van der Waals surface area contributed by atoms with Crippen molar-refractivity contribution in [2.75, 3.05) is 18.4 Å². The van der Waals surface area contributed by atoms with E-state index in [-0.39, 0.29) is 12.1 Å². The van der Waals surface area contributed by atoms with Crippen molar-refractivity contribution < 1.29 is 4.79 Å². The Morgan fingerprint density at radius 1 is 1.19 bits per heavy atom. The third-order valence-corrected chi connectivity index (χ3v) is 4.01. The zero-order valence-corrected chi connectivity index (χ0v) is 12.3. The standard InChI is InChI=1S/C17H21N3O/c1-12-9-14(18)11-20(10-12)17(21)19-16-8-4-6-13-5-2-3-7-15(13)16/h2-8,12,14H,9-11,18H2,1H3,(H,19,21). The van der Waals surface area contributed by atoms with Crippen molar-refractivity contribution in [3.63, 3.8) is 0 Å². The monoisotopic (exact) mass is 283 g/mol. The highest BCUT2D eigenvalue weighted by Gasteiger charge is 2.25. The summed E-state index contributed by atoms with van der Waals surface area (Å²) in [5.74, 6) is 0.451. The molecule has 2 atom stereocenters. The zero-order valence-electron chi connectivity index (χ0n) is 12.3. The fourth-order valence-electron chi connectivity index (χ4n) is 3.09. The van der Waals surface area contributed by atoms with Crippen molar-refractivity contribution in [1.29, 1.82) is 0 Å². The molecule has 4 heteroatoms. The summed E-state index contributed by atoms with van der Waals surface area (Å²) in [5, 5.41) is 5.21. The van der Waals surface area contributed by atoms with Crippen LogP contribution in [-0.2, 0) is 0 Å². The molecule has 4 nitrogen and oxygen atoms in total. The highest BCUT2D eigenvalue weighted by molar-refractivity contribution is 6.01. The van der Waals surface area contributed by atoms with Crippen LogP contribution in [0.1, 0.15) is 13.3 Å². The van der Waals surface area contributed by atoms with E-state index >= 15 is 0 Å². The summed E-state index contributed by atoms with van der Waals surface area (Å²) in [7, 11) is 0. The van der Waals surface area contributed by atoms with Gasteiger partial charge in [-0.2, -0.15) is 0 Å². The molecule has 2 unspecified atom stereocenters. The first-order valence-electron chi connectivity index (χ1n) is 7.43. The highest BCUT2D eigenvalue weighted by atomic mass is 16.2. The van der Waals surface area contributed by atoms with Crippen LogP contribution >= 0.6 is 0 Å². The van der Waals surface area contributed by atoms with E-state index in [1.807, 2.05) is 47.4 Å². The maximum absolute atomic E-state index is 12.5. The van der Waals surface area contributed by atoms with Gasteiger partial charge in [-0.15, -0.1) is 0 Å². The number of hydrogen-bond donors (Lipinski definition) is 2. The van der Waals surface area contributed by atoms with Gasteiger partial charge in [0.1, 0.15) is 0 Å². The predicted octanol–water partition coefficient (Wildman–Crippen LogP) is 3.04. The summed E-state index contributed by atoms with van der Waals surface area (Å²) in [4.78, 5) is 14.3. The number of urea groups is 1. The lowest BCUT2D eigenvalue weighted by Crippen LogP contribution is -2.50. The van der Waals surface area contributed by atoms with Gasteiger partial charge in [0.05, 0.1) is 5.69 Å². The Morgan fingerprint density at radius 2 is 1.95 bits per heavy atom. The molecule has 0 spiro atoms. The average molecular weight is 283 g/mol. The Hall–Kier alpha value is -2.07. The second kappa shape index (κ2) is 5.74. The van der Waals surface area contributed by atoms with E-state index in [1.165, 1.54) is 0 Å². The van der Waals surface area contributed by atoms with Crippen LogP contribution < -0.4 is 11.1 Å². The van der Waals surface area contributed by atoms with Gasteiger partial charge in [0.25, 0.3) is 0 Å². The van der Waals surface area contributed by atoms with Crippen molar-refractivity contribution in [1.82, 2.24) is 4.90 Å². The van der Waals surface area contributed by atoms with Gasteiger partial charge in [-0.3, -0.25) is 0 Å². The lowest BCUT2D eigenvalue weighted by Gasteiger charge is -2.34. The van der Waals surface area contributed by atoms with E-state index < -0.39 is 0 Å². The van der Waals surface area contributed by atoms with Gasteiger partial charge in [0.15, 0.2) is 0 Å². The van der Waals surface area contributed by atoms with Crippen LogP contribution in [0.15, 0.2) is 42.5 Å². The fourth-order valence-corrected chi connectivity index (χ4v) is 3.09. The first kappa shape index (κ1) is 13.9. The van der Waals surface area contributed by atoms with Crippen LogP contribution in [0.5, 0.6) is 0 Å². The number of piperidine rings is 1. The van der Waals surface area contributed by atoms with Crippen molar-refractivity contribution in [3.8, 4) is 0 Å². The third-order valence-electron chi connectivity index (χ3n) is 4.01. The molecule has 0 bridgehead atoms. The van der Waals surface area contributed by atoms with Crippen molar-refractivity contribution in [2.24, 2.45) is 11.7 Å². The van der Waals surface area contributed by atoms with E-state index in [4.69, 9.17) is 5.73 Å². The molecule has 1 fully saturated rings. The summed E-state index contributed by atoms with van der Waals surface area (Å²) in [6, 6.07) is 14.0. The number of carbonyl (C=O) groups excluding carboxylic acids is 1. The van der Waals surface area contributed by atoms with E-state index in [2.05, 4.69) is 12.2 Å². The summed E-state index contributed by atoms with van der Waals surface area (Å²) in [6.45, 7) is 3.53. The van der Waals surface area contributed by atoms with Crippen molar-refractivity contribution in [2.45, 2.75) is 19.4 Å². The summed E-state index contributed by atoms with van der Waals surface area (Å²) in [5.41, 5.74) is 6.87. The highest BCUT2D eigenvalue weighted by Crippen LogP contribution is 2.24. The quantitative estimate of drug-likeness (QED) is 0.845. The second-order valence-corrected chi connectivity index (χ2v) is 5.96. The van der Waals surface area contributed by atoms with Crippen LogP contribution in [0.2, 0.25) is 0 Å². The molecule has 2 aromatic rings. The molecule has 0 saturated carbocycles. The van der Waals surface area contributed by atoms with Gasteiger partial charge >= 0.3 is 6.03 Å². The van der Waals surface area contributed by atoms with E-state index in [1.54, 1.807) is 0 Å². The second-order valence-electron chi connectivity index (χ2n) is 5.96. The molecule has 0 radical (unpaired) electrons. The maximum atomic E-state index is 12.5. The molecule has 3 rings (SSSR count). The molecule has 110 valence electrons. The third kappa shape index (κ3) is 3.00. The van der Waals surface area contributed by atoms with Gasteiger partial charge < -0.3 is 16.0 Å². The van der Waals surface area contributed by atoms with Gasteiger partial charge in [-0.1, -0.05) is 43.3 Å². The van der Waals surface area contributed by atoms with Gasteiger partial charge in [0.2, 0.25) is 0 Å². The lowest BCUT2D eigenvalue weighted by atomic mass is 9.97. The Morgan fingerprint density at radius 3 is 2.76 bits per heavy atom. The average Bonchev–Trinajstić information content (AvgIpc) is 2.46. The number of nitrogens with two attached hydrogens (primary N) is 1. The Balaban J connectivity index is 1.80. The van der Waals surface area contributed by atoms with Crippen molar-refractivity contribution >= 4 is 22.5 Å². The molecule has 1 aliphatic rings. The maximum Gasteiger partial charge on any atom is 0.321 e. The van der Waals surface area contributed by atoms with E-state index in [9.17, 15) is 4.79 Å². The lowest BCUT2D eigenvalue weighted by molar-refractivity contribution is 0.172. The number of carbonyl (C=O) groups is 1. The van der Waals surface area contributed by atoms with Gasteiger partial charge in [-0.25, -0.2) is 4.79 Å². The molecule has 21 heavy (non-hydrogen) atoms. The van der Waals surface area contributed by atoms with Crippen LogP contribution in [0.4, 0.5) is 10.5 Å². The number of benzene rings is 2. The molecule has 3 N–H and O–H groups in total. The number of anilines is 1.